The third-order valence-electron chi connectivity index (χ3n) is 6.23. The van der Waals surface area contributed by atoms with Crippen LogP contribution in [-0.2, 0) is 6.54 Å². The first kappa shape index (κ1) is 22.3. The van der Waals surface area contributed by atoms with Crippen LogP contribution in [0.4, 0.5) is 16.3 Å². The quantitative estimate of drug-likeness (QED) is 0.377. The fourth-order valence-electron chi connectivity index (χ4n) is 4.27. The van der Waals surface area contributed by atoms with Gasteiger partial charge in [-0.15, -0.1) is 0 Å². The third kappa shape index (κ3) is 4.75. The number of hydrogen-bond donors (Lipinski definition) is 2. The highest BCUT2D eigenvalue weighted by atomic mass is 79.9. The Morgan fingerprint density at radius 1 is 1.15 bits per heavy atom. The van der Waals surface area contributed by atoms with Gasteiger partial charge in [0, 0.05) is 55.4 Å². The van der Waals surface area contributed by atoms with Crippen LogP contribution in [0.1, 0.15) is 35.6 Å². The minimum absolute atomic E-state index is 0.0477. The van der Waals surface area contributed by atoms with E-state index in [-0.39, 0.29) is 11.9 Å². The minimum atomic E-state index is -0.0477. The molecule has 174 valence electrons. The van der Waals surface area contributed by atoms with E-state index in [9.17, 15) is 4.79 Å². The van der Waals surface area contributed by atoms with Gasteiger partial charge in [-0.1, -0.05) is 24.3 Å². The minimum Gasteiger partial charge on any atom is -0.366 e. The number of amides is 2. The zero-order valence-electron chi connectivity index (χ0n) is 18.9. The second-order valence-corrected chi connectivity index (χ2v) is 9.37. The molecule has 8 nitrogen and oxygen atoms in total. The fraction of sp³-hybridized carbons (Fsp3) is 0.280. The van der Waals surface area contributed by atoms with Crippen LogP contribution < -0.4 is 10.6 Å². The number of fused-ring (bicyclic) bond motifs is 1. The van der Waals surface area contributed by atoms with Gasteiger partial charge in [0.15, 0.2) is 5.65 Å². The monoisotopic (exact) mass is 519 g/mol. The van der Waals surface area contributed by atoms with Crippen molar-refractivity contribution in [1.82, 2.24) is 24.5 Å². The van der Waals surface area contributed by atoms with Gasteiger partial charge >= 0.3 is 6.03 Å². The van der Waals surface area contributed by atoms with E-state index in [0.717, 1.165) is 51.3 Å². The maximum atomic E-state index is 12.8. The first-order valence-corrected chi connectivity index (χ1v) is 12.2. The number of hydrogen-bond acceptors (Lipinski definition) is 5. The number of aromatic nitrogens is 4. The Morgan fingerprint density at radius 3 is 2.74 bits per heavy atom. The number of para-hydroxylation sites is 1. The first-order chi connectivity index (χ1) is 16.6. The molecule has 1 fully saturated rings. The maximum Gasteiger partial charge on any atom is 0.321 e. The summed E-state index contributed by atoms with van der Waals surface area (Å²) >= 11 is 3.58. The summed E-state index contributed by atoms with van der Waals surface area (Å²) < 4.78 is 2.67. The Hall–Kier alpha value is -3.46. The van der Waals surface area contributed by atoms with E-state index < -0.39 is 0 Å². The number of carbonyl (C=O) groups excluding carboxylic acids is 1. The van der Waals surface area contributed by atoms with E-state index in [1.165, 1.54) is 0 Å². The van der Waals surface area contributed by atoms with E-state index in [2.05, 4.69) is 42.7 Å². The number of aryl methyl sites for hydroxylation is 1. The molecule has 0 bridgehead atoms. The zero-order chi connectivity index (χ0) is 23.5. The summed E-state index contributed by atoms with van der Waals surface area (Å²) in [6.45, 7) is 4.02. The summed E-state index contributed by atoms with van der Waals surface area (Å²) in [5.74, 6) is 1.16. The molecule has 1 aliphatic heterocycles. The molecule has 4 aromatic rings. The number of nitrogens with one attached hydrogen (secondary N) is 2. The van der Waals surface area contributed by atoms with Gasteiger partial charge in [-0.25, -0.2) is 9.78 Å². The van der Waals surface area contributed by atoms with Crippen molar-refractivity contribution in [2.24, 2.45) is 0 Å². The Kier molecular flexibility index (Phi) is 6.44. The van der Waals surface area contributed by atoms with E-state index in [0.29, 0.717) is 19.6 Å². The van der Waals surface area contributed by atoms with Crippen molar-refractivity contribution in [3.8, 4) is 0 Å². The summed E-state index contributed by atoms with van der Waals surface area (Å²) in [5.41, 5.74) is 4.80. The number of carbonyl (C=O) groups is 1. The number of anilines is 2. The van der Waals surface area contributed by atoms with Gasteiger partial charge in [0.2, 0.25) is 0 Å². The predicted molar refractivity (Wildman–Crippen MR) is 136 cm³/mol. The summed E-state index contributed by atoms with van der Waals surface area (Å²) in [6, 6.07) is 13.8. The topological polar surface area (TPSA) is 87.5 Å². The average Bonchev–Trinajstić information content (AvgIpc) is 3.25. The number of pyridine rings is 1. The van der Waals surface area contributed by atoms with Crippen LogP contribution in [-0.4, -0.2) is 43.6 Å². The van der Waals surface area contributed by atoms with Crippen LogP contribution in [0.15, 0.2) is 65.5 Å². The highest BCUT2D eigenvalue weighted by Gasteiger charge is 2.26. The molecule has 0 spiro atoms. The van der Waals surface area contributed by atoms with Crippen LogP contribution in [0.5, 0.6) is 0 Å². The zero-order valence-corrected chi connectivity index (χ0v) is 20.5. The first-order valence-electron chi connectivity index (χ1n) is 11.4. The number of halogens is 1. The van der Waals surface area contributed by atoms with Crippen molar-refractivity contribution in [1.29, 1.82) is 0 Å². The van der Waals surface area contributed by atoms with Gasteiger partial charge in [-0.05, 0) is 59.0 Å². The lowest BCUT2D eigenvalue weighted by Crippen LogP contribution is -2.40. The maximum absolute atomic E-state index is 12.8. The molecular formula is C25H26BrN7O. The summed E-state index contributed by atoms with van der Waals surface area (Å²) in [4.78, 5) is 23.8. The molecule has 0 atom stereocenters. The second kappa shape index (κ2) is 9.80. The molecule has 0 unspecified atom stereocenters. The van der Waals surface area contributed by atoms with E-state index in [4.69, 9.17) is 4.98 Å². The Labute approximate surface area is 206 Å². The Morgan fingerprint density at radius 2 is 1.97 bits per heavy atom. The molecule has 2 N–H and O–H groups in total. The van der Waals surface area contributed by atoms with Crippen molar-refractivity contribution in [2.45, 2.75) is 32.2 Å². The van der Waals surface area contributed by atoms with E-state index in [1.54, 1.807) is 12.4 Å². The molecule has 5 rings (SSSR count). The SMILES string of the molecule is Cc1ccccc1NC(=O)N1CCC(c2cc(NCc3cccnc3)n3ncc(Br)c3n2)CC1. The van der Waals surface area contributed by atoms with Crippen LogP contribution >= 0.6 is 15.9 Å². The molecule has 0 saturated carbocycles. The average molecular weight is 520 g/mol. The van der Waals surface area contributed by atoms with Crippen LogP contribution in [0, 0.1) is 6.92 Å². The summed E-state index contributed by atoms with van der Waals surface area (Å²) in [6.07, 6.45) is 7.10. The molecule has 3 aromatic heterocycles. The highest BCUT2D eigenvalue weighted by molar-refractivity contribution is 9.10. The number of rotatable bonds is 5. The third-order valence-corrected chi connectivity index (χ3v) is 6.79. The fourth-order valence-corrected chi connectivity index (χ4v) is 4.62. The van der Waals surface area contributed by atoms with Gasteiger partial charge in [-0.2, -0.15) is 9.61 Å². The van der Waals surface area contributed by atoms with Crippen molar-refractivity contribution in [2.75, 3.05) is 23.7 Å². The van der Waals surface area contributed by atoms with Crippen LogP contribution in [0.25, 0.3) is 5.65 Å². The lowest BCUT2D eigenvalue weighted by molar-refractivity contribution is 0.194. The Balaban J connectivity index is 1.29. The van der Waals surface area contributed by atoms with Crippen molar-refractivity contribution >= 4 is 39.1 Å². The number of likely N-dealkylation sites (tertiary alicyclic amines) is 1. The van der Waals surface area contributed by atoms with Gasteiger partial charge in [-0.3, -0.25) is 4.98 Å². The van der Waals surface area contributed by atoms with Crippen molar-refractivity contribution in [3.63, 3.8) is 0 Å². The smallest absolute Gasteiger partial charge is 0.321 e. The lowest BCUT2D eigenvalue weighted by atomic mass is 9.93. The molecule has 34 heavy (non-hydrogen) atoms. The van der Waals surface area contributed by atoms with Crippen LogP contribution in [0.2, 0.25) is 0 Å². The van der Waals surface area contributed by atoms with Crippen LogP contribution in [0.3, 0.4) is 0 Å². The molecule has 0 aliphatic carbocycles. The molecule has 0 radical (unpaired) electrons. The van der Waals surface area contributed by atoms with Gasteiger partial charge < -0.3 is 15.5 Å². The van der Waals surface area contributed by atoms with Crippen molar-refractivity contribution < 1.29 is 4.79 Å². The largest absolute Gasteiger partial charge is 0.366 e. The second-order valence-electron chi connectivity index (χ2n) is 8.52. The normalized spacial score (nSPS) is 14.4. The number of benzene rings is 1. The van der Waals surface area contributed by atoms with Gasteiger partial charge in [0.05, 0.1) is 10.7 Å². The summed E-state index contributed by atoms with van der Waals surface area (Å²) in [7, 11) is 0. The van der Waals surface area contributed by atoms with Gasteiger partial charge in [0.1, 0.15) is 5.82 Å². The molecule has 9 heteroatoms. The van der Waals surface area contributed by atoms with Gasteiger partial charge in [0.25, 0.3) is 0 Å². The highest BCUT2D eigenvalue weighted by Crippen LogP contribution is 2.31. The molecule has 1 saturated heterocycles. The lowest BCUT2D eigenvalue weighted by Gasteiger charge is -2.32. The molecule has 1 aliphatic rings. The Bertz CT molecular complexity index is 1300. The molecule has 4 heterocycles. The number of urea groups is 1. The molecular weight excluding hydrogens is 494 g/mol. The summed E-state index contributed by atoms with van der Waals surface area (Å²) in [5, 5.41) is 11.0. The molecule has 1 aromatic carbocycles. The standard InChI is InChI=1S/C25H26BrN7O/c1-17-5-2-3-7-21(17)31-25(34)32-11-8-19(9-12-32)22-13-23(28-15-18-6-4-10-27-14-18)33-24(30-22)20(26)16-29-33/h2-7,10,13-14,16,19,28H,8-9,11-12,15H2,1H3,(H,31,34). The molecule has 2 amide bonds. The number of nitrogens with zero attached hydrogens (tertiary/aromatic N) is 5. The number of piperidine rings is 1. The van der Waals surface area contributed by atoms with Crippen molar-refractivity contribution in [3.05, 3.63) is 82.3 Å². The van der Waals surface area contributed by atoms with E-state index in [1.807, 2.05) is 58.9 Å². The predicted octanol–water partition coefficient (Wildman–Crippen LogP) is 5.22. The van der Waals surface area contributed by atoms with E-state index >= 15 is 0 Å².